The molecule has 0 aliphatic carbocycles. The van der Waals surface area contributed by atoms with Crippen molar-refractivity contribution < 1.29 is 19.5 Å². The molecule has 1 unspecified atom stereocenters. The fourth-order valence-electron chi connectivity index (χ4n) is 2.11. The van der Waals surface area contributed by atoms with Gasteiger partial charge in [-0.15, -0.1) is 0 Å². The number of ether oxygens (including phenoxy) is 2. The van der Waals surface area contributed by atoms with Crippen molar-refractivity contribution >= 4 is 5.69 Å². The number of methoxy groups -OCH3 is 1. The van der Waals surface area contributed by atoms with Gasteiger partial charge in [0.25, 0.3) is 0 Å². The van der Waals surface area contributed by atoms with Crippen LogP contribution >= 0.6 is 0 Å². The van der Waals surface area contributed by atoms with Gasteiger partial charge in [-0.2, -0.15) is 5.10 Å². The summed E-state index contributed by atoms with van der Waals surface area (Å²) in [4.78, 5) is 10.8. The van der Waals surface area contributed by atoms with E-state index in [0.717, 1.165) is 0 Å². The van der Waals surface area contributed by atoms with E-state index in [1.807, 2.05) is 13.8 Å². The van der Waals surface area contributed by atoms with Gasteiger partial charge in [0, 0.05) is 7.11 Å². The van der Waals surface area contributed by atoms with Gasteiger partial charge in [-0.3, -0.25) is 14.8 Å². The monoisotopic (exact) mass is 301 g/mol. The largest absolute Gasteiger partial charge is 0.389 e. The fraction of sp³-hybridized carbons (Fsp3) is 0.769. The topological polar surface area (TPSA) is 99.7 Å². The molecule has 1 N–H and O–H groups in total. The molecule has 8 nitrogen and oxygen atoms in total. The van der Waals surface area contributed by atoms with Crippen LogP contribution in [0.5, 0.6) is 0 Å². The SMILES string of the molecule is CCc1nn(CC(O)COCCOC)c(CC)c1[N+](=O)[O-]. The first-order chi connectivity index (χ1) is 10.0. The molecule has 0 saturated heterocycles. The van der Waals surface area contributed by atoms with E-state index in [-0.39, 0.29) is 18.8 Å². The number of aliphatic hydroxyl groups is 1. The Balaban J connectivity index is 2.76. The first-order valence-electron chi connectivity index (χ1n) is 7.02. The van der Waals surface area contributed by atoms with Crippen LogP contribution in [0.4, 0.5) is 5.69 Å². The Morgan fingerprint density at radius 1 is 1.38 bits per heavy atom. The van der Waals surface area contributed by atoms with E-state index >= 15 is 0 Å². The lowest BCUT2D eigenvalue weighted by Crippen LogP contribution is -2.24. The average Bonchev–Trinajstić information content (AvgIpc) is 2.81. The molecular formula is C13H23N3O5. The van der Waals surface area contributed by atoms with E-state index in [9.17, 15) is 15.2 Å². The summed E-state index contributed by atoms with van der Waals surface area (Å²) in [7, 11) is 1.57. The molecule has 1 rings (SSSR count). The highest BCUT2D eigenvalue weighted by Gasteiger charge is 2.26. The minimum Gasteiger partial charge on any atom is -0.389 e. The van der Waals surface area contributed by atoms with Gasteiger partial charge in [0.05, 0.1) is 37.4 Å². The maximum Gasteiger partial charge on any atom is 0.313 e. The van der Waals surface area contributed by atoms with Gasteiger partial charge >= 0.3 is 5.69 Å². The molecular weight excluding hydrogens is 278 g/mol. The molecule has 8 heteroatoms. The third-order valence-corrected chi connectivity index (χ3v) is 3.08. The smallest absolute Gasteiger partial charge is 0.313 e. The van der Waals surface area contributed by atoms with E-state index in [1.165, 1.54) is 4.68 Å². The van der Waals surface area contributed by atoms with Gasteiger partial charge in [-0.25, -0.2) is 0 Å². The summed E-state index contributed by atoms with van der Waals surface area (Å²) >= 11 is 0. The molecule has 0 aliphatic heterocycles. The normalized spacial score (nSPS) is 12.6. The van der Waals surface area contributed by atoms with E-state index in [2.05, 4.69) is 5.10 Å². The van der Waals surface area contributed by atoms with Crippen LogP contribution in [0.3, 0.4) is 0 Å². The van der Waals surface area contributed by atoms with Crippen LogP contribution < -0.4 is 0 Å². The van der Waals surface area contributed by atoms with Gasteiger partial charge in [-0.1, -0.05) is 13.8 Å². The second-order valence-corrected chi connectivity index (χ2v) is 4.61. The number of nitrogens with zero attached hydrogens (tertiary/aromatic N) is 3. The predicted molar refractivity (Wildman–Crippen MR) is 76.3 cm³/mol. The van der Waals surface area contributed by atoms with Crippen LogP contribution in [0.2, 0.25) is 0 Å². The zero-order valence-electron chi connectivity index (χ0n) is 12.7. The Morgan fingerprint density at radius 2 is 2.10 bits per heavy atom. The molecule has 0 aromatic carbocycles. The number of hydrogen-bond acceptors (Lipinski definition) is 6. The molecule has 21 heavy (non-hydrogen) atoms. The van der Waals surface area contributed by atoms with Crippen molar-refractivity contribution in [3.8, 4) is 0 Å². The number of aromatic nitrogens is 2. The number of nitro groups is 1. The Hall–Kier alpha value is -1.51. The zero-order chi connectivity index (χ0) is 15.8. The van der Waals surface area contributed by atoms with Crippen LogP contribution in [0.15, 0.2) is 0 Å². The standard InChI is InChI=1S/C13H23N3O5/c1-4-11-13(16(18)19)12(5-2)15(14-11)8-10(17)9-21-7-6-20-3/h10,17H,4-9H2,1-3H3. The van der Waals surface area contributed by atoms with Crippen LogP contribution in [0, 0.1) is 10.1 Å². The van der Waals surface area contributed by atoms with Crippen molar-refractivity contribution in [2.75, 3.05) is 26.9 Å². The van der Waals surface area contributed by atoms with E-state index in [1.54, 1.807) is 7.11 Å². The molecule has 1 atom stereocenters. The maximum atomic E-state index is 11.2. The summed E-state index contributed by atoms with van der Waals surface area (Å²) in [5.74, 6) is 0. The van der Waals surface area contributed by atoms with E-state index < -0.39 is 11.0 Å². The van der Waals surface area contributed by atoms with Crippen LogP contribution in [0.25, 0.3) is 0 Å². The summed E-state index contributed by atoms with van der Waals surface area (Å²) in [6, 6.07) is 0. The number of aryl methyl sites for hydroxylation is 1. The van der Waals surface area contributed by atoms with Crippen molar-refractivity contribution in [3.05, 3.63) is 21.5 Å². The minimum atomic E-state index is -0.767. The van der Waals surface area contributed by atoms with Gasteiger partial charge in [0.2, 0.25) is 0 Å². The lowest BCUT2D eigenvalue weighted by molar-refractivity contribution is -0.386. The van der Waals surface area contributed by atoms with Gasteiger partial charge < -0.3 is 14.6 Å². The molecule has 0 radical (unpaired) electrons. The highest BCUT2D eigenvalue weighted by molar-refractivity contribution is 5.41. The molecule has 1 aromatic rings. The zero-order valence-corrected chi connectivity index (χ0v) is 12.7. The van der Waals surface area contributed by atoms with Gasteiger partial charge in [0.1, 0.15) is 11.4 Å². The number of hydrogen-bond donors (Lipinski definition) is 1. The summed E-state index contributed by atoms with van der Waals surface area (Å²) < 4.78 is 11.6. The Bertz CT molecular complexity index is 461. The summed E-state index contributed by atoms with van der Waals surface area (Å²) in [5, 5.41) is 25.3. The van der Waals surface area contributed by atoms with Crippen molar-refractivity contribution in [1.82, 2.24) is 9.78 Å². The van der Waals surface area contributed by atoms with Crippen molar-refractivity contribution in [3.63, 3.8) is 0 Å². The molecule has 0 saturated carbocycles. The maximum absolute atomic E-state index is 11.2. The minimum absolute atomic E-state index is 0.0625. The molecule has 0 spiro atoms. The van der Waals surface area contributed by atoms with Crippen LogP contribution in [0.1, 0.15) is 25.2 Å². The Labute approximate surface area is 123 Å². The molecule has 1 heterocycles. The van der Waals surface area contributed by atoms with E-state index in [0.29, 0.717) is 37.4 Å². The number of aliphatic hydroxyl groups excluding tert-OH is 1. The summed E-state index contributed by atoms with van der Waals surface area (Å²) in [5.41, 5.74) is 1.05. The molecule has 120 valence electrons. The molecule has 0 bridgehead atoms. The van der Waals surface area contributed by atoms with Gasteiger partial charge in [0.15, 0.2) is 0 Å². The Kier molecular flexibility index (Phi) is 7.27. The van der Waals surface area contributed by atoms with Crippen LogP contribution in [-0.4, -0.2) is 52.8 Å². The second-order valence-electron chi connectivity index (χ2n) is 4.61. The number of rotatable bonds is 10. The fourth-order valence-corrected chi connectivity index (χ4v) is 2.11. The lowest BCUT2D eigenvalue weighted by Gasteiger charge is -2.12. The summed E-state index contributed by atoms with van der Waals surface area (Å²) in [6.45, 7) is 4.83. The molecule has 0 amide bonds. The van der Waals surface area contributed by atoms with Crippen molar-refractivity contribution in [2.45, 2.75) is 39.3 Å². The van der Waals surface area contributed by atoms with Crippen LogP contribution in [-0.2, 0) is 28.9 Å². The first-order valence-corrected chi connectivity index (χ1v) is 7.02. The lowest BCUT2D eigenvalue weighted by atomic mass is 10.2. The third-order valence-electron chi connectivity index (χ3n) is 3.08. The molecule has 1 aromatic heterocycles. The van der Waals surface area contributed by atoms with Gasteiger partial charge in [-0.05, 0) is 12.8 Å². The molecule has 0 aliphatic rings. The average molecular weight is 301 g/mol. The predicted octanol–water partition coefficient (Wildman–Crippen LogP) is 0.940. The Morgan fingerprint density at radius 3 is 2.62 bits per heavy atom. The third kappa shape index (κ3) is 4.76. The first kappa shape index (κ1) is 17.5. The highest BCUT2D eigenvalue weighted by atomic mass is 16.6. The van der Waals surface area contributed by atoms with E-state index in [4.69, 9.17) is 9.47 Å². The molecule has 0 fully saturated rings. The van der Waals surface area contributed by atoms with Crippen molar-refractivity contribution in [2.24, 2.45) is 0 Å². The highest BCUT2D eigenvalue weighted by Crippen LogP contribution is 2.24. The second kappa shape index (κ2) is 8.71. The quantitative estimate of drug-likeness (QED) is 0.392. The van der Waals surface area contributed by atoms with Crippen molar-refractivity contribution in [1.29, 1.82) is 0 Å². The summed E-state index contributed by atoms with van der Waals surface area (Å²) in [6.07, 6.45) is 0.202.